The minimum atomic E-state index is -4.40. The monoisotopic (exact) mass is 405 g/mol. The molecule has 0 saturated heterocycles. The van der Waals surface area contributed by atoms with Crippen molar-refractivity contribution < 1.29 is 18.3 Å². The normalized spacial score (nSPS) is 12.6. The lowest BCUT2D eigenvalue weighted by atomic mass is 9.87. The molecule has 0 atom stereocenters. The molecule has 0 heterocycles. The maximum Gasteiger partial charge on any atom is 0.416 e. The number of phenolic OH excluding ortho intramolecular Hbond substituents is 1. The first kappa shape index (κ1) is 22.3. The zero-order valence-corrected chi connectivity index (χ0v) is 16.8. The lowest BCUT2D eigenvalue weighted by Crippen LogP contribution is -2.31. The van der Waals surface area contributed by atoms with Gasteiger partial charge in [0.25, 0.3) is 0 Å². The Kier molecular flexibility index (Phi) is 6.95. The molecule has 0 aliphatic heterocycles. The Morgan fingerprint density at radius 3 is 2.45 bits per heavy atom. The van der Waals surface area contributed by atoms with Crippen molar-refractivity contribution in [2.75, 3.05) is 11.9 Å². The predicted octanol–water partition coefficient (Wildman–Crippen LogP) is 5.45. The van der Waals surface area contributed by atoms with Crippen LogP contribution in [0.5, 0.6) is 5.75 Å². The van der Waals surface area contributed by atoms with Crippen LogP contribution in [0.15, 0.2) is 60.1 Å². The standard InChI is InChI=1S/C22H26F3N3O/c1-5-11-26-20(27-14-15-7-6-8-17(12-15)22(23,24)25)28-18-13-16(21(2,3)4)9-10-19(18)29/h5-10,12-13,29H,1,11,14H2,2-4H3,(H2,26,27,28). The summed E-state index contributed by atoms with van der Waals surface area (Å²) in [6.07, 6.45) is -2.77. The van der Waals surface area contributed by atoms with Crippen LogP contribution in [0.4, 0.5) is 18.9 Å². The number of aromatic hydroxyl groups is 1. The maximum atomic E-state index is 12.9. The first-order chi connectivity index (χ1) is 13.5. The molecule has 0 aliphatic rings. The summed E-state index contributed by atoms with van der Waals surface area (Å²) >= 11 is 0. The summed E-state index contributed by atoms with van der Waals surface area (Å²) in [5, 5.41) is 16.2. The van der Waals surface area contributed by atoms with Gasteiger partial charge in [-0.3, -0.25) is 0 Å². The van der Waals surface area contributed by atoms with Crippen LogP contribution >= 0.6 is 0 Å². The van der Waals surface area contributed by atoms with Gasteiger partial charge in [0, 0.05) is 6.54 Å². The molecular formula is C22H26F3N3O. The van der Waals surface area contributed by atoms with Gasteiger partial charge in [0.2, 0.25) is 0 Å². The van der Waals surface area contributed by atoms with E-state index in [-0.39, 0.29) is 17.7 Å². The van der Waals surface area contributed by atoms with Crippen LogP contribution in [0.3, 0.4) is 0 Å². The highest BCUT2D eigenvalue weighted by Crippen LogP contribution is 2.31. The molecule has 3 N–H and O–H groups in total. The topological polar surface area (TPSA) is 56.7 Å². The molecule has 2 rings (SSSR count). The van der Waals surface area contributed by atoms with E-state index in [2.05, 4.69) is 43.0 Å². The van der Waals surface area contributed by atoms with Crippen molar-refractivity contribution in [1.29, 1.82) is 0 Å². The molecule has 0 amide bonds. The molecule has 156 valence electrons. The third-order valence-corrected chi connectivity index (χ3v) is 4.20. The average Bonchev–Trinajstić information content (AvgIpc) is 2.64. The Labute approximate surface area is 169 Å². The number of hydrogen-bond donors (Lipinski definition) is 3. The summed E-state index contributed by atoms with van der Waals surface area (Å²) in [5.74, 6) is 0.369. The second-order valence-corrected chi connectivity index (χ2v) is 7.64. The van der Waals surface area contributed by atoms with E-state index in [0.717, 1.165) is 17.7 Å². The fourth-order valence-corrected chi connectivity index (χ4v) is 2.56. The van der Waals surface area contributed by atoms with E-state index in [1.165, 1.54) is 6.07 Å². The highest BCUT2D eigenvalue weighted by atomic mass is 19.4. The molecule has 0 bridgehead atoms. The number of aliphatic imine (C=N–C) groups is 1. The molecule has 0 saturated carbocycles. The van der Waals surface area contributed by atoms with Crippen LogP contribution in [0.2, 0.25) is 0 Å². The van der Waals surface area contributed by atoms with E-state index in [9.17, 15) is 18.3 Å². The number of hydrogen-bond acceptors (Lipinski definition) is 2. The molecule has 0 aromatic heterocycles. The fourth-order valence-electron chi connectivity index (χ4n) is 2.56. The fraction of sp³-hybridized carbons (Fsp3) is 0.318. The molecule has 0 unspecified atom stereocenters. The second-order valence-electron chi connectivity index (χ2n) is 7.64. The lowest BCUT2D eigenvalue weighted by molar-refractivity contribution is -0.137. The van der Waals surface area contributed by atoms with Crippen LogP contribution in [-0.4, -0.2) is 17.6 Å². The number of alkyl halides is 3. The zero-order chi connectivity index (χ0) is 21.7. The minimum absolute atomic E-state index is 0.0378. The zero-order valence-electron chi connectivity index (χ0n) is 16.8. The van der Waals surface area contributed by atoms with Gasteiger partial charge in [0.1, 0.15) is 5.75 Å². The van der Waals surface area contributed by atoms with Crippen molar-refractivity contribution in [3.63, 3.8) is 0 Å². The number of guanidine groups is 1. The second kappa shape index (κ2) is 9.03. The number of nitrogens with zero attached hydrogens (tertiary/aromatic N) is 1. The predicted molar refractivity (Wildman–Crippen MR) is 111 cm³/mol. The van der Waals surface area contributed by atoms with E-state index >= 15 is 0 Å². The van der Waals surface area contributed by atoms with Gasteiger partial charge in [-0.05, 0) is 40.8 Å². The highest BCUT2D eigenvalue weighted by molar-refractivity contribution is 5.95. The molecule has 0 fully saturated rings. The molecule has 0 radical (unpaired) electrons. The summed E-state index contributed by atoms with van der Waals surface area (Å²) in [6, 6.07) is 10.3. The van der Waals surface area contributed by atoms with Crippen LogP contribution in [0.1, 0.15) is 37.5 Å². The summed E-state index contributed by atoms with van der Waals surface area (Å²) in [7, 11) is 0. The van der Waals surface area contributed by atoms with Crippen molar-refractivity contribution in [2.24, 2.45) is 4.99 Å². The Balaban J connectivity index is 2.27. The first-order valence-electron chi connectivity index (χ1n) is 9.16. The van der Waals surface area contributed by atoms with E-state index in [1.807, 2.05) is 12.1 Å². The summed E-state index contributed by atoms with van der Waals surface area (Å²) < 4.78 is 38.7. The van der Waals surface area contributed by atoms with Crippen molar-refractivity contribution in [2.45, 2.75) is 38.9 Å². The van der Waals surface area contributed by atoms with Gasteiger partial charge in [-0.15, -0.1) is 6.58 Å². The van der Waals surface area contributed by atoms with Gasteiger partial charge in [-0.1, -0.05) is 45.0 Å². The number of rotatable bonds is 5. The third kappa shape index (κ3) is 6.55. The number of phenols is 1. The Morgan fingerprint density at radius 1 is 1.10 bits per heavy atom. The van der Waals surface area contributed by atoms with Crippen molar-refractivity contribution in [1.82, 2.24) is 5.32 Å². The molecule has 29 heavy (non-hydrogen) atoms. The first-order valence-corrected chi connectivity index (χ1v) is 9.16. The lowest BCUT2D eigenvalue weighted by Gasteiger charge is -2.21. The smallest absolute Gasteiger partial charge is 0.416 e. The number of nitrogens with one attached hydrogen (secondary N) is 2. The maximum absolute atomic E-state index is 12.9. The van der Waals surface area contributed by atoms with Gasteiger partial charge in [0.05, 0.1) is 17.8 Å². The van der Waals surface area contributed by atoms with Gasteiger partial charge in [0.15, 0.2) is 5.96 Å². The molecule has 2 aromatic carbocycles. The van der Waals surface area contributed by atoms with Crippen LogP contribution in [0, 0.1) is 0 Å². The van der Waals surface area contributed by atoms with Crippen LogP contribution in [-0.2, 0) is 18.1 Å². The quantitative estimate of drug-likeness (QED) is 0.268. The molecule has 0 spiro atoms. The van der Waals surface area contributed by atoms with Gasteiger partial charge >= 0.3 is 6.18 Å². The van der Waals surface area contributed by atoms with Crippen molar-refractivity contribution in [3.05, 3.63) is 71.8 Å². The number of anilines is 1. The van der Waals surface area contributed by atoms with Gasteiger partial charge < -0.3 is 15.7 Å². The minimum Gasteiger partial charge on any atom is -0.506 e. The van der Waals surface area contributed by atoms with Gasteiger partial charge in [-0.25, -0.2) is 4.99 Å². The van der Waals surface area contributed by atoms with E-state index in [4.69, 9.17) is 0 Å². The molecular weight excluding hydrogens is 379 g/mol. The molecule has 0 aliphatic carbocycles. The molecule has 2 aromatic rings. The SMILES string of the molecule is C=CCNC(=NCc1cccc(C(F)(F)F)c1)Nc1cc(C(C)(C)C)ccc1O. The number of halogens is 3. The Morgan fingerprint density at radius 2 is 1.83 bits per heavy atom. The molecule has 7 heteroatoms. The van der Waals surface area contributed by atoms with E-state index in [0.29, 0.717) is 23.8 Å². The average molecular weight is 405 g/mol. The highest BCUT2D eigenvalue weighted by Gasteiger charge is 2.30. The van der Waals surface area contributed by atoms with E-state index < -0.39 is 11.7 Å². The third-order valence-electron chi connectivity index (χ3n) is 4.20. The van der Waals surface area contributed by atoms with Crippen LogP contribution < -0.4 is 10.6 Å². The van der Waals surface area contributed by atoms with Gasteiger partial charge in [-0.2, -0.15) is 13.2 Å². The Bertz CT molecular complexity index is 884. The van der Waals surface area contributed by atoms with Crippen LogP contribution in [0.25, 0.3) is 0 Å². The number of benzene rings is 2. The Hall–Kier alpha value is -2.96. The van der Waals surface area contributed by atoms with E-state index in [1.54, 1.807) is 18.2 Å². The largest absolute Gasteiger partial charge is 0.506 e. The summed E-state index contributed by atoms with van der Waals surface area (Å²) in [6.45, 7) is 10.2. The summed E-state index contributed by atoms with van der Waals surface area (Å²) in [5.41, 5.74) is 1.06. The van der Waals surface area contributed by atoms with Crippen molar-refractivity contribution >= 4 is 11.6 Å². The summed E-state index contributed by atoms with van der Waals surface area (Å²) in [4.78, 5) is 4.35. The van der Waals surface area contributed by atoms with Crippen molar-refractivity contribution in [3.8, 4) is 5.75 Å². The molecule has 4 nitrogen and oxygen atoms in total.